The summed E-state index contributed by atoms with van der Waals surface area (Å²) in [4.78, 5) is 13.1. The molecule has 18 heavy (non-hydrogen) atoms. The van der Waals surface area contributed by atoms with Crippen molar-refractivity contribution in [2.75, 3.05) is 24.3 Å². The summed E-state index contributed by atoms with van der Waals surface area (Å²) in [5.41, 5.74) is 0.222. The van der Waals surface area contributed by atoms with Gasteiger partial charge in [0.2, 0.25) is 5.91 Å². The highest BCUT2D eigenvalue weighted by atomic mass is 32.1. The van der Waals surface area contributed by atoms with Crippen molar-refractivity contribution in [3.05, 3.63) is 23.8 Å². The summed E-state index contributed by atoms with van der Waals surface area (Å²) in [6.45, 7) is 0.438. The Hall–Kier alpha value is -1.30. The number of thiol groups is 1. The average Bonchev–Trinajstić information content (AvgIpc) is 2.70. The van der Waals surface area contributed by atoms with E-state index in [0.29, 0.717) is 18.7 Å². The number of carbonyl (C=O) groups excluding carboxylic acids is 1. The predicted molar refractivity (Wildman–Crippen MR) is 67.2 cm³/mol. The van der Waals surface area contributed by atoms with Crippen molar-refractivity contribution in [3.8, 4) is 5.75 Å². The molecule has 1 fully saturated rings. The second-order valence-electron chi connectivity index (χ2n) is 4.20. The molecular weight excluding hydrogens is 260 g/mol. The van der Waals surface area contributed by atoms with Crippen molar-refractivity contribution >= 4 is 24.2 Å². The average molecular weight is 273 g/mol. The maximum Gasteiger partial charge on any atom is 0.227 e. The molecule has 0 spiro atoms. The molecule has 1 aliphatic heterocycles. The summed E-state index contributed by atoms with van der Waals surface area (Å²) < 4.78 is 31.7. The zero-order chi connectivity index (χ0) is 13.3. The Labute approximate surface area is 109 Å². The van der Waals surface area contributed by atoms with Crippen LogP contribution in [0.25, 0.3) is 0 Å². The van der Waals surface area contributed by atoms with Crippen molar-refractivity contribution in [3.63, 3.8) is 0 Å². The monoisotopic (exact) mass is 273 g/mol. The zero-order valence-electron chi connectivity index (χ0n) is 9.82. The van der Waals surface area contributed by atoms with Gasteiger partial charge in [0.05, 0.1) is 7.11 Å². The minimum Gasteiger partial charge on any atom is -0.491 e. The molecule has 1 atom stereocenters. The van der Waals surface area contributed by atoms with Crippen LogP contribution in [0.4, 0.5) is 14.5 Å². The fourth-order valence-electron chi connectivity index (χ4n) is 2.05. The van der Waals surface area contributed by atoms with Crippen LogP contribution in [0.3, 0.4) is 0 Å². The summed E-state index contributed by atoms with van der Waals surface area (Å²) in [5.74, 6) is -1.50. The summed E-state index contributed by atoms with van der Waals surface area (Å²) >= 11 is 4.13. The molecule has 3 nitrogen and oxygen atoms in total. The minimum absolute atomic E-state index is 0.119. The molecule has 1 aliphatic rings. The number of rotatable bonds is 3. The van der Waals surface area contributed by atoms with Crippen LogP contribution in [0.5, 0.6) is 5.75 Å². The smallest absolute Gasteiger partial charge is 0.227 e. The van der Waals surface area contributed by atoms with Gasteiger partial charge in [-0.05, 0) is 11.7 Å². The molecule has 1 aromatic carbocycles. The van der Waals surface area contributed by atoms with Crippen LogP contribution < -0.4 is 9.64 Å². The Balaban J connectivity index is 2.32. The van der Waals surface area contributed by atoms with E-state index < -0.39 is 17.4 Å². The summed E-state index contributed by atoms with van der Waals surface area (Å²) in [6.07, 6.45) is 0.360. The molecule has 1 unspecified atom stereocenters. The summed E-state index contributed by atoms with van der Waals surface area (Å²) in [7, 11) is 1.19. The van der Waals surface area contributed by atoms with Gasteiger partial charge in [0.1, 0.15) is 0 Å². The van der Waals surface area contributed by atoms with Gasteiger partial charge in [0.25, 0.3) is 0 Å². The van der Waals surface area contributed by atoms with Gasteiger partial charge in [-0.3, -0.25) is 4.79 Å². The van der Waals surface area contributed by atoms with Crippen LogP contribution >= 0.6 is 12.6 Å². The van der Waals surface area contributed by atoms with Crippen LogP contribution in [-0.4, -0.2) is 25.3 Å². The lowest BCUT2D eigenvalue weighted by Crippen LogP contribution is -2.25. The van der Waals surface area contributed by atoms with Gasteiger partial charge >= 0.3 is 0 Å². The third-order valence-electron chi connectivity index (χ3n) is 2.96. The van der Waals surface area contributed by atoms with Gasteiger partial charge in [-0.2, -0.15) is 12.6 Å². The second-order valence-corrected chi connectivity index (χ2v) is 4.56. The van der Waals surface area contributed by atoms with Crippen LogP contribution in [0.15, 0.2) is 12.1 Å². The standard InChI is InChI=1S/C12H13F2NO2S/c1-17-12-9(13)3-8(4-10(12)14)15-5-7(6-18)2-11(15)16/h3-4,7,18H,2,5-6H2,1H3. The molecule has 2 rings (SSSR count). The fourth-order valence-corrected chi connectivity index (χ4v) is 2.30. The van der Waals surface area contributed by atoms with Crippen LogP contribution in [0, 0.1) is 17.6 Å². The maximum absolute atomic E-state index is 13.6. The topological polar surface area (TPSA) is 29.5 Å². The molecule has 0 saturated carbocycles. The minimum atomic E-state index is -0.811. The molecule has 98 valence electrons. The van der Waals surface area contributed by atoms with E-state index in [1.165, 1.54) is 12.0 Å². The van der Waals surface area contributed by atoms with Crippen molar-refractivity contribution in [2.24, 2.45) is 5.92 Å². The van der Waals surface area contributed by atoms with Crippen LogP contribution in [0.1, 0.15) is 6.42 Å². The fraction of sp³-hybridized carbons (Fsp3) is 0.417. The van der Waals surface area contributed by atoms with E-state index in [1.807, 2.05) is 0 Å². The first-order valence-corrected chi connectivity index (χ1v) is 6.14. The molecular formula is C12H13F2NO2S. The normalized spacial score (nSPS) is 19.4. The first kappa shape index (κ1) is 13.1. The Kier molecular flexibility index (Phi) is 3.75. The number of benzene rings is 1. The number of anilines is 1. The van der Waals surface area contributed by atoms with Crippen LogP contribution in [-0.2, 0) is 4.79 Å². The predicted octanol–water partition coefficient (Wildman–Crippen LogP) is 2.26. The number of nitrogens with zero attached hydrogens (tertiary/aromatic N) is 1. The molecule has 0 radical (unpaired) electrons. The lowest BCUT2D eigenvalue weighted by Gasteiger charge is -2.17. The van der Waals surface area contributed by atoms with Gasteiger partial charge in [0.15, 0.2) is 17.4 Å². The third kappa shape index (κ3) is 2.29. The van der Waals surface area contributed by atoms with Crippen molar-refractivity contribution in [1.29, 1.82) is 0 Å². The van der Waals surface area contributed by atoms with E-state index in [-0.39, 0.29) is 17.5 Å². The Morgan fingerprint density at radius 2 is 2.06 bits per heavy atom. The maximum atomic E-state index is 13.6. The first-order valence-electron chi connectivity index (χ1n) is 5.51. The lowest BCUT2D eigenvalue weighted by molar-refractivity contribution is -0.117. The van der Waals surface area contributed by atoms with E-state index in [9.17, 15) is 13.6 Å². The number of methoxy groups -OCH3 is 1. The van der Waals surface area contributed by atoms with E-state index in [4.69, 9.17) is 0 Å². The van der Waals surface area contributed by atoms with E-state index >= 15 is 0 Å². The quantitative estimate of drug-likeness (QED) is 0.856. The highest BCUT2D eigenvalue weighted by molar-refractivity contribution is 7.80. The van der Waals surface area contributed by atoms with Gasteiger partial charge in [-0.15, -0.1) is 0 Å². The molecule has 0 aromatic heterocycles. The third-order valence-corrected chi connectivity index (χ3v) is 3.48. The molecule has 1 heterocycles. The number of ether oxygens (including phenoxy) is 1. The number of halogens is 2. The Morgan fingerprint density at radius 3 is 2.50 bits per heavy atom. The van der Waals surface area contributed by atoms with Crippen molar-refractivity contribution < 1.29 is 18.3 Å². The van der Waals surface area contributed by atoms with Gasteiger partial charge in [-0.1, -0.05) is 0 Å². The summed E-state index contributed by atoms with van der Waals surface area (Å²) in [5, 5.41) is 0. The molecule has 0 bridgehead atoms. The SMILES string of the molecule is COc1c(F)cc(N2CC(CS)CC2=O)cc1F. The Morgan fingerprint density at radius 1 is 1.44 bits per heavy atom. The molecule has 1 amide bonds. The molecule has 0 N–H and O–H groups in total. The number of hydrogen-bond donors (Lipinski definition) is 1. The highest BCUT2D eigenvalue weighted by Gasteiger charge is 2.30. The second kappa shape index (κ2) is 5.14. The number of carbonyl (C=O) groups is 1. The van der Waals surface area contributed by atoms with Crippen molar-refractivity contribution in [1.82, 2.24) is 0 Å². The number of hydrogen-bond acceptors (Lipinski definition) is 3. The molecule has 6 heteroatoms. The number of amides is 1. The van der Waals surface area contributed by atoms with Gasteiger partial charge in [-0.25, -0.2) is 8.78 Å². The van der Waals surface area contributed by atoms with Gasteiger partial charge in [0, 0.05) is 30.8 Å². The van der Waals surface area contributed by atoms with Gasteiger partial charge < -0.3 is 9.64 Å². The van der Waals surface area contributed by atoms with E-state index in [1.54, 1.807) is 0 Å². The molecule has 1 saturated heterocycles. The highest BCUT2D eigenvalue weighted by Crippen LogP contribution is 2.31. The first-order chi connectivity index (χ1) is 8.56. The summed E-state index contributed by atoms with van der Waals surface area (Å²) in [6, 6.07) is 2.22. The van der Waals surface area contributed by atoms with E-state index in [0.717, 1.165) is 12.1 Å². The molecule has 0 aliphatic carbocycles. The lowest BCUT2D eigenvalue weighted by atomic mass is 10.1. The molecule has 1 aromatic rings. The largest absolute Gasteiger partial charge is 0.491 e. The van der Waals surface area contributed by atoms with Crippen molar-refractivity contribution in [2.45, 2.75) is 6.42 Å². The zero-order valence-corrected chi connectivity index (χ0v) is 10.7. The Bertz CT molecular complexity index is 458. The van der Waals surface area contributed by atoms with E-state index in [2.05, 4.69) is 17.4 Å². The van der Waals surface area contributed by atoms with Crippen LogP contribution in [0.2, 0.25) is 0 Å².